The molecule has 132 valence electrons. The first kappa shape index (κ1) is 21.5. The predicted octanol–water partition coefficient (Wildman–Crippen LogP) is 6.38. The van der Waals surface area contributed by atoms with Crippen molar-refractivity contribution in [1.82, 2.24) is 5.32 Å². The van der Waals surface area contributed by atoms with Crippen LogP contribution in [-0.4, -0.2) is 11.9 Å². The van der Waals surface area contributed by atoms with Crippen LogP contribution in [0.3, 0.4) is 0 Å². The van der Waals surface area contributed by atoms with E-state index in [1.165, 1.54) is 89.9 Å². The van der Waals surface area contributed by atoms with Crippen molar-refractivity contribution in [3.63, 3.8) is 0 Å². The lowest BCUT2D eigenvalue weighted by Crippen LogP contribution is -2.30. The minimum atomic E-state index is 0.0952. The Morgan fingerprint density at radius 2 is 1.09 bits per heavy atom. The van der Waals surface area contributed by atoms with Crippen LogP contribution in [0.5, 0.6) is 0 Å². The predicted molar refractivity (Wildman–Crippen MR) is 98.2 cm³/mol. The fraction of sp³-hybridized carbons (Fsp3) is 0.950. The van der Waals surface area contributed by atoms with Gasteiger partial charge >= 0.3 is 0 Å². The second kappa shape index (κ2) is 16.8. The van der Waals surface area contributed by atoms with E-state index < -0.39 is 0 Å². The van der Waals surface area contributed by atoms with Crippen LogP contribution in [0.2, 0.25) is 0 Å². The molecule has 0 aromatic rings. The van der Waals surface area contributed by atoms with Gasteiger partial charge in [0.05, 0.1) is 0 Å². The van der Waals surface area contributed by atoms with E-state index in [-0.39, 0.29) is 5.91 Å². The van der Waals surface area contributed by atoms with E-state index in [2.05, 4.69) is 19.2 Å². The highest BCUT2D eigenvalue weighted by atomic mass is 16.1. The molecule has 0 rings (SSSR count). The average Bonchev–Trinajstić information content (AvgIpc) is 2.47. The van der Waals surface area contributed by atoms with Gasteiger partial charge in [0.15, 0.2) is 0 Å². The third-order valence-corrected chi connectivity index (χ3v) is 4.44. The van der Waals surface area contributed by atoms with Crippen LogP contribution in [0.1, 0.15) is 117 Å². The zero-order valence-corrected chi connectivity index (χ0v) is 15.6. The summed E-state index contributed by atoms with van der Waals surface area (Å²) < 4.78 is 0. The Morgan fingerprint density at radius 1 is 0.727 bits per heavy atom. The van der Waals surface area contributed by atoms with Gasteiger partial charge in [0.1, 0.15) is 0 Å². The number of carbonyl (C=O) groups excluding carboxylic acids is 1. The van der Waals surface area contributed by atoms with E-state index in [4.69, 9.17) is 0 Å². The molecule has 1 unspecified atom stereocenters. The first-order valence-electron chi connectivity index (χ1n) is 9.94. The van der Waals surface area contributed by atoms with Crippen LogP contribution in [0.4, 0.5) is 0 Å². The standard InChI is InChI=1S/C20H41NO/c1-4-5-6-7-8-9-10-11-12-13-14-15-16-17-18-19(2)21-20(3)22/h19H,4-18H2,1-3H3,(H,21,22). The maximum absolute atomic E-state index is 10.9. The van der Waals surface area contributed by atoms with Crippen molar-refractivity contribution in [2.45, 2.75) is 123 Å². The Bertz CT molecular complexity index is 240. The van der Waals surface area contributed by atoms with E-state index in [1.54, 1.807) is 6.92 Å². The van der Waals surface area contributed by atoms with Crippen LogP contribution in [0.15, 0.2) is 0 Å². The second-order valence-electron chi connectivity index (χ2n) is 6.99. The summed E-state index contributed by atoms with van der Waals surface area (Å²) in [5.74, 6) is 0.0952. The van der Waals surface area contributed by atoms with Gasteiger partial charge in [-0.1, -0.05) is 96.8 Å². The summed E-state index contributed by atoms with van der Waals surface area (Å²) in [6, 6.07) is 0.342. The van der Waals surface area contributed by atoms with Crippen LogP contribution >= 0.6 is 0 Å². The van der Waals surface area contributed by atoms with Crippen molar-refractivity contribution < 1.29 is 4.79 Å². The van der Waals surface area contributed by atoms with Crippen LogP contribution in [0, 0.1) is 0 Å². The molecule has 2 nitrogen and oxygen atoms in total. The molecule has 0 fully saturated rings. The van der Waals surface area contributed by atoms with Gasteiger partial charge < -0.3 is 5.32 Å². The minimum absolute atomic E-state index is 0.0952. The highest BCUT2D eigenvalue weighted by Gasteiger charge is 2.02. The van der Waals surface area contributed by atoms with Gasteiger partial charge in [-0.05, 0) is 13.3 Å². The van der Waals surface area contributed by atoms with Crippen molar-refractivity contribution in [2.75, 3.05) is 0 Å². The number of amides is 1. The van der Waals surface area contributed by atoms with Gasteiger partial charge in [0.25, 0.3) is 0 Å². The van der Waals surface area contributed by atoms with Crippen molar-refractivity contribution in [3.8, 4) is 0 Å². The average molecular weight is 312 g/mol. The topological polar surface area (TPSA) is 29.1 Å². The summed E-state index contributed by atoms with van der Waals surface area (Å²) in [5.41, 5.74) is 0. The molecule has 0 heterocycles. The molecule has 1 amide bonds. The molecule has 1 N–H and O–H groups in total. The summed E-state index contributed by atoms with van der Waals surface area (Å²) in [6.45, 7) is 5.98. The Labute approximate surface area is 139 Å². The molecule has 0 saturated carbocycles. The van der Waals surface area contributed by atoms with E-state index in [0.29, 0.717) is 6.04 Å². The Balaban J connectivity index is 3.07. The number of nitrogens with one attached hydrogen (secondary N) is 1. The maximum Gasteiger partial charge on any atom is 0.217 e. The Morgan fingerprint density at radius 3 is 1.45 bits per heavy atom. The van der Waals surface area contributed by atoms with Gasteiger partial charge in [-0.25, -0.2) is 0 Å². The Hall–Kier alpha value is -0.530. The van der Waals surface area contributed by atoms with Crippen LogP contribution in [0.25, 0.3) is 0 Å². The monoisotopic (exact) mass is 311 g/mol. The molecule has 0 aliphatic rings. The molecule has 2 heteroatoms. The molecule has 22 heavy (non-hydrogen) atoms. The summed E-state index contributed by atoms with van der Waals surface area (Å²) in [5, 5.41) is 2.95. The highest BCUT2D eigenvalue weighted by molar-refractivity contribution is 5.73. The van der Waals surface area contributed by atoms with Crippen molar-refractivity contribution in [1.29, 1.82) is 0 Å². The quantitative estimate of drug-likeness (QED) is 0.329. The third kappa shape index (κ3) is 17.5. The van der Waals surface area contributed by atoms with Gasteiger partial charge in [-0.3, -0.25) is 4.79 Å². The molecule has 0 aromatic carbocycles. The van der Waals surface area contributed by atoms with Crippen LogP contribution in [-0.2, 0) is 4.79 Å². The lowest BCUT2D eigenvalue weighted by Gasteiger charge is -2.11. The fourth-order valence-electron chi connectivity index (χ4n) is 3.06. The molecule has 0 aliphatic heterocycles. The zero-order valence-electron chi connectivity index (χ0n) is 15.6. The summed E-state index contributed by atoms with van der Waals surface area (Å²) in [6.07, 6.45) is 20.7. The third-order valence-electron chi connectivity index (χ3n) is 4.44. The first-order chi connectivity index (χ1) is 10.7. The number of rotatable bonds is 16. The molecule has 0 aliphatic carbocycles. The second-order valence-corrected chi connectivity index (χ2v) is 6.99. The molecular weight excluding hydrogens is 270 g/mol. The van der Waals surface area contributed by atoms with Gasteiger partial charge in [-0.2, -0.15) is 0 Å². The number of hydrogen-bond donors (Lipinski definition) is 1. The molecule has 0 saturated heterocycles. The zero-order chi connectivity index (χ0) is 16.5. The maximum atomic E-state index is 10.9. The molecule has 0 bridgehead atoms. The lowest BCUT2D eigenvalue weighted by atomic mass is 10.0. The molecule has 0 aromatic heterocycles. The number of hydrogen-bond acceptors (Lipinski definition) is 1. The lowest BCUT2D eigenvalue weighted by molar-refractivity contribution is -0.119. The summed E-state index contributed by atoms with van der Waals surface area (Å²) in [7, 11) is 0. The Kier molecular flexibility index (Phi) is 16.4. The molecular formula is C20H41NO. The van der Waals surface area contributed by atoms with Crippen molar-refractivity contribution >= 4 is 5.91 Å². The van der Waals surface area contributed by atoms with Gasteiger partial charge in [0, 0.05) is 13.0 Å². The molecule has 1 atom stereocenters. The van der Waals surface area contributed by atoms with Crippen molar-refractivity contribution in [3.05, 3.63) is 0 Å². The molecule has 0 spiro atoms. The van der Waals surface area contributed by atoms with E-state index in [0.717, 1.165) is 6.42 Å². The minimum Gasteiger partial charge on any atom is -0.354 e. The van der Waals surface area contributed by atoms with Gasteiger partial charge in [0.2, 0.25) is 5.91 Å². The fourth-order valence-corrected chi connectivity index (χ4v) is 3.06. The number of carbonyl (C=O) groups is 1. The van der Waals surface area contributed by atoms with Crippen LogP contribution < -0.4 is 5.32 Å². The largest absolute Gasteiger partial charge is 0.354 e. The van der Waals surface area contributed by atoms with E-state index in [9.17, 15) is 4.79 Å². The van der Waals surface area contributed by atoms with Gasteiger partial charge in [-0.15, -0.1) is 0 Å². The van der Waals surface area contributed by atoms with Crippen molar-refractivity contribution in [2.24, 2.45) is 0 Å². The molecule has 0 radical (unpaired) electrons. The summed E-state index contributed by atoms with van der Waals surface area (Å²) in [4.78, 5) is 10.9. The highest BCUT2D eigenvalue weighted by Crippen LogP contribution is 2.13. The van der Waals surface area contributed by atoms with E-state index >= 15 is 0 Å². The summed E-state index contributed by atoms with van der Waals surface area (Å²) >= 11 is 0. The number of unbranched alkanes of at least 4 members (excludes halogenated alkanes) is 13. The first-order valence-corrected chi connectivity index (χ1v) is 9.94. The normalized spacial score (nSPS) is 12.3. The SMILES string of the molecule is CCCCCCCCCCCCCCCCC(C)NC(C)=O. The smallest absolute Gasteiger partial charge is 0.217 e. The van der Waals surface area contributed by atoms with E-state index in [1.807, 2.05) is 0 Å².